The number of hydrogen-bond donors (Lipinski definition) is 0. The number of aryl methyl sites for hydroxylation is 1. The number of nitrogens with zero attached hydrogens (tertiary/aromatic N) is 2. The number of esters is 1. The van der Waals surface area contributed by atoms with Crippen LogP contribution in [-0.2, 0) is 4.74 Å². The van der Waals surface area contributed by atoms with Crippen LogP contribution in [0.5, 0.6) is 0 Å². The van der Waals surface area contributed by atoms with Gasteiger partial charge < -0.3 is 9.30 Å². The predicted octanol–water partition coefficient (Wildman–Crippen LogP) is 4.68. The van der Waals surface area contributed by atoms with E-state index in [4.69, 9.17) is 16.3 Å². The van der Waals surface area contributed by atoms with Crippen LogP contribution in [0, 0.1) is 13.8 Å². The zero-order valence-electron chi connectivity index (χ0n) is 15.2. The van der Waals surface area contributed by atoms with Crippen LogP contribution in [0.25, 0.3) is 10.9 Å². The van der Waals surface area contributed by atoms with Crippen LogP contribution in [0.15, 0.2) is 36.4 Å². The topological polar surface area (TPSA) is 61.2 Å². The predicted molar refractivity (Wildman–Crippen MR) is 104 cm³/mol. The second-order valence-electron chi connectivity index (χ2n) is 6.89. The van der Waals surface area contributed by atoms with Crippen LogP contribution in [0.4, 0.5) is 0 Å². The van der Waals surface area contributed by atoms with Gasteiger partial charge in [-0.2, -0.15) is 0 Å². The van der Waals surface area contributed by atoms with Crippen molar-refractivity contribution in [2.45, 2.75) is 32.7 Å². The van der Waals surface area contributed by atoms with E-state index in [9.17, 15) is 9.59 Å². The third kappa shape index (κ3) is 3.35. The highest BCUT2D eigenvalue weighted by molar-refractivity contribution is 6.30. The molecule has 2 aromatic heterocycles. The number of aromatic nitrogens is 2. The summed E-state index contributed by atoms with van der Waals surface area (Å²) in [6.07, 6.45) is 2.30. The van der Waals surface area contributed by atoms with Gasteiger partial charge in [-0.15, -0.1) is 0 Å². The van der Waals surface area contributed by atoms with E-state index in [1.54, 1.807) is 12.1 Å². The van der Waals surface area contributed by atoms with Gasteiger partial charge in [0.05, 0.1) is 11.1 Å². The van der Waals surface area contributed by atoms with E-state index in [1.807, 2.05) is 32.0 Å². The Hall–Kier alpha value is -2.66. The summed E-state index contributed by atoms with van der Waals surface area (Å²) in [6, 6.07) is 11.0. The van der Waals surface area contributed by atoms with E-state index in [-0.39, 0.29) is 17.5 Å². The summed E-state index contributed by atoms with van der Waals surface area (Å²) in [5.41, 5.74) is 3.54. The first-order valence-electron chi connectivity index (χ1n) is 8.89. The van der Waals surface area contributed by atoms with Crippen LogP contribution in [0.3, 0.4) is 0 Å². The first-order valence-corrected chi connectivity index (χ1v) is 9.27. The van der Waals surface area contributed by atoms with E-state index in [1.165, 1.54) is 6.07 Å². The molecule has 0 radical (unpaired) electrons. The van der Waals surface area contributed by atoms with Crippen LogP contribution in [0.2, 0.25) is 5.15 Å². The average Bonchev–Trinajstić information content (AvgIpc) is 3.43. The summed E-state index contributed by atoms with van der Waals surface area (Å²) in [4.78, 5) is 29.4. The Bertz CT molecular complexity index is 1070. The van der Waals surface area contributed by atoms with E-state index in [0.29, 0.717) is 28.1 Å². The molecule has 1 aromatic carbocycles. The molecular weight excluding hydrogens is 364 g/mol. The van der Waals surface area contributed by atoms with Crippen LogP contribution >= 0.6 is 11.6 Å². The number of para-hydroxylation sites is 1. The summed E-state index contributed by atoms with van der Waals surface area (Å²) in [5.74, 6) is -0.785. The van der Waals surface area contributed by atoms with Crippen molar-refractivity contribution in [2.24, 2.45) is 0 Å². The molecule has 5 nitrogen and oxygen atoms in total. The summed E-state index contributed by atoms with van der Waals surface area (Å²) in [7, 11) is 0. The van der Waals surface area contributed by atoms with Crippen molar-refractivity contribution >= 4 is 34.3 Å². The fourth-order valence-electron chi connectivity index (χ4n) is 3.55. The van der Waals surface area contributed by atoms with Gasteiger partial charge in [0.15, 0.2) is 6.61 Å². The van der Waals surface area contributed by atoms with Crippen LogP contribution in [0.1, 0.15) is 51.0 Å². The summed E-state index contributed by atoms with van der Waals surface area (Å²) >= 11 is 6.01. The minimum absolute atomic E-state index is 0.201. The molecule has 0 atom stereocenters. The first kappa shape index (κ1) is 17.7. The SMILES string of the molecule is Cc1cc(C(=O)COC(=O)c2cc(Cl)nc3ccccc23)c(C)n1C1CC1. The summed E-state index contributed by atoms with van der Waals surface area (Å²) in [6.45, 7) is 3.64. The number of rotatable bonds is 5. The smallest absolute Gasteiger partial charge is 0.339 e. The number of pyridine rings is 1. The highest BCUT2D eigenvalue weighted by atomic mass is 35.5. The number of benzene rings is 1. The number of Topliss-reactive ketones (excluding diaryl/α,β-unsaturated/α-hetero) is 1. The van der Waals surface area contributed by atoms with Crippen molar-refractivity contribution in [1.82, 2.24) is 9.55 Å². The summed E-state index contributed by atoms with van der Waals surface area (Å²) in [5, 5.41) is 0.853. The van der Waals surface area contributed by atoms with Gasteiger partial charge in [-0.1, -0.05) is 29.8 Å². The monoisotopic (exact) mass is 382 g/mol. The molecule has 3 aromatic rings. The Labute approximate surface area is 161 Å². The van der Waals surface area contributed by atoms with Gasteiger partial charge in [0.25, 0.3) is 0 Å². The molecule has 0 amide bonds. The normalized spacial score (nSPS) is 13.7. The third-order valence-electron chi connectivity index (χ3n) is 4.94. The molecule has 0 unspecified atom stereocenters. The fourth-order valence-corrected chi connectivity index (χ4v) is 3.75. The lowest BCUT2D eigenvalue weighted by Gasteiger charge is -2.09. The molecule has 0 aliphatic heterocycles. The maximum absolute atomic E-state index is 12.6. The van der Waals surface area contributed by atoms with Crippen LogP contribution < -0.4 is 0 Å². The van der Waals surface area contributed by atoms with E-state index in [0.717, 1.165) is 24.2 Å². The minimum Gasteiger partial charge on any atom is -0.454 e. The maximum Gasteiger partial charge on any atom is 0.339 e. The fraction of sp³-hybridized carbons (Fsp3) is 0.286. The number of fused-ring (bicyclic) bond motifs is 1. The Morgan fingerprint density at radius 1 is 1.19 bits per heavy atom. The third-order valence-corrected chi connectivity index (χ3v) is 5.13. The number of halogens is 1. The number of ketones is 1. The lowest BCUT2D eigenvalue weighted by molar-refractivity contribution is 0.0476. The van der Waals surface area contributed by atoms with E-state index in [2.05, 4.69) is 9.55 Å². The van der Waals surface area contributed by atoms with Crippen molar-refractivity contribution in [3.8, 4) is 0 Å². The van der Waals surface area contributed by atoms with Gasteiger partial charge in [-0.3, -0.25) is 4.79 Å². The van der Waals surface area contributed by atoms with Crippen molar-refractivity contribution in [2.75, 3.05) is 6.61 Å². The zero-order valence-corrected chi connectivity index (χ0v) is 15.9. The second-order valence-corrected chi connectivity index (χ2v) is 7.28. The number of carbonyl (C=O) groups excluding carboxylic acids is 2. The molecular formula is C21H19ClN2O3. The molecule has 4 rings (SSSR count). The van der Waals surface area contributed by atoms with Gasteiger partial charge >= 0.3 is 5.97 Å². The Balaban J connectivity index is 1.53. The molecule has 1 aliphatic rings. The first-order chi connectivity index (χ1) is 13.0. The molecule has 1 aliphatic carbocycles. The van der Waals surface area contributed by atoms with E-state index >= 15 is 0 Å². The van der Waals surface area contributed by atoms with Crippen molar-refractivity contribution < 1.29 is 14.3 Å². The maximum atomic E-state index is 12.6. The second kappa shape index (κ2) is 6.82. The molecule has 27 heavy (non-hydrogen) atoms. The molecule has 1 saturated carbocycles. The van der Waals surface area contributed by atoms with Crippen molar-refractivity contribution in [1.29, 1.82) is 0 Å². The lowest BCUT2D eigenvalue weighted by atomic mass is 10.1. The van der Waals surface area contributed by atoms with Crippen LogP contribution in [-0.4, -0.2) is 27.9 Å². The molecule has 0 N–H and O–H groups in total. The van der Waals surface area contributed by atoms with Gasteiger partial charge in [0.2, 0.25) is 5.78 Å². The van der Waals surface area contributed by atoms with Crippen molar-refractivity contribution in [3.05, 3.63) is 64.1 Å². The molecule has 2 heterocycles. The van der Waals surface area contributed by atoms with Crippen molar-refractivity contribution in [3.63, 3.8) is 0 Å². The molecule has 0 bridgehead atoms. The molecule has 0 spiro atoms. The highest BCUT2D eigenvalue weighted by Gasteiger charge is 2.28. The zero-order chi connectivity index (χ0) is 19.1. The quantitative estimate of drug-likeness (QED) is 0.365. The number of carbonyl (C=O) groups is 2. The minimum atomic E-state index is -0.583. The number of hydrogen-bond acceptors (Lipinski definition) is 4. The highest BCUT2D eigenvalue weighted by Crippen LogP contribution is 2.38. The van der Waals surface area contributed by atoms with Gasteiger partial charge in [0, 0.05) is 28.4 Å². The Kier molecular flexibility index (Phi) is 4.48. The number of ether oxygens (including phenoxy) is 1. The Morgan fingerprint density at radius 2 is 1.93 bits per heavy atom. The lowest BCUT2D eigenvalue weighted by Crippen LogP contribution is -2.15. The van der Waals surface area contributed by atoms with E-state index < -0.39 is 5.97 Å². The molecule has 138 valence electrons. The van der Waals surface area contributed by atoms with Gasteiger partial charge in [0.1, 0.15) is 5.15 Å². The van der Waals surface area contributed by atoms with Gasteiger partial charge in [-0.05, 0) is 44.9 Å². The van der Waals surface area contributed by atoms with Gasteiger partial charge in [-0.25, -0.2) is 9.78 Å². The molecule has 0 saturated heterocycles. The largest absolute Gasteiger partial charge is 0.454 e. The standard InChI is InChI=1S/C21H19ClN2O3/c1-12-9-16(13(2)24(12)14-7-8-14)19(25)11-27-21(26)17-10-20(22)23-18-6-4-3-5-15(17)18/h3-6,9-10,14H,7-8,11H2,1-2H3. The molecule has 1 fully saturated rings. The Morgan fingerprint density at radius 3 is 2.67 bits per heavy atom. The average molecular weight is 383 g/mol. The summed E-state index contributed by atoms with van der Waals surface area (Å²) < 4.78 is 7.50. The molecule has 6 heteroatoms.